The lowest BCUT2D eigenvalue weighted by Crippen LogP contribution is -2.44. The molecule has 0 aromatic heterocycles. The molecule has 0 saturated carbocycles. The Balaban J connectivity index is 1.88. The maximum Gasteiger partial charge on any atom is 0.0696 e. The van der Waals surface area contributed by atoms with E-state index in [0.717, 1.165) is 19.0 Å². The number of nitrogens with one attached hydrogen (secondary N) is 1. The molecule has 2 N–H and O–H groups in total. The second-order valence-corrected chi connectivity index (χ2v) is 5.35. The first-order valence-electron chi connectivity index (χ1n) is 5.34. The molecular weight excluding hydrogens is 182 g/mol. The molecule has 2 heterocycles. The van der Waals surface area contributed by atoms with Gasteiger partial charge < -0.3 is 10.4 Å². The van der Waals surface area contributed by atoms with Gasteiger partial charge in [0.05, 0.1) is 6.10 Å². The quantitative estimate of drug-likeness (QED) is 0.666. The second-order valence-electron chi connectivity index (χ2n) is 4.20. The van der Waals surface area contributed by atoms with Gasteiger partial charge in [-0.05, 0) is 49.1 Å². The Morgan fingerprint density at radius 1 is 1.31 bits per heavy atom. The smallest absolute Gasteiger partial charge is 0.0696 e. The molecule has 0 spiro atoms. The molecule has 2 fully saturated rings. The highest BCUT2D eigenvalue weighted by molar-refractivity contribution is 7.99. The van der Waals surface area contributed by atoms with Crippen molar-refractivity contribution in [3.8, 4) is 0 Å². The number of rotatable bonds is 1. The zero-order valence-electron chi connectivity index (χ0n) is 8.04. The molecule has 3 unspecified atom stereocenters. The molecule has 0 radical (unpaired) electrons. The SMILES string of the molecule is OC1CNCCC1C1CCCSC1. The van der Waals surface area contributed by atoms with Crippen LogP contribution >= 0.6 is 11.8 Å². The van der Waals surface area contributed by atoms with Crippen molar-refractivity contribution in [2.75, 3.05) is 24.6 Å². The molecule has 2 aliphatic rings. The van der Waals surface area contributed by atoms with Gasteiger partial charge >= 0.3 is 0 Å². The van der Waals surface area contributed by atoms with Crippen LogP contribution in [0.3, 0.4) is 0 Å². The lowest BCUT2D eigenvalue weighted by Gasteiger charge is -2.36. The van der Waals surface area contributed by atoms with Crippen LogP contribution in [0.15, 0.2) is 0 Å². The van der Waals surface area contributed by atoms with Crippen LogP contribution < -0.4 is 5.32 Å². The van der Waals surface area contributed by atoms with Crippen molar-refractivity contribution in [3.05, 3.63) is 0 Å². The number of thioether (sulfide) groups is 1. The number of hydrogen-bond acceptors (Lipinski definition) is 3. The van der Waals surface area contributed by atoms with E-state index in [1.807, 2.05) is 0 Å². The highest BCUT2D eigenvalue weighted by atomic mass is 32.2. The van der Waals surface area contributed by atoms with Crippen LogP contribution in [0.4, 0.5) is 0 Å². The average molecular weight is 201 g/mol. The van der Waals surface area contributed by atoms with Gasteiger partial charge in [0.15, 0.2) is 0 Å². The Labute approximate surface area is 84.5 Å². The molecule has 2 aliphatic heterocycles. The summed E-state index contributed by atoms with van der Waals surface area (Å²) in [6.07, 6.45) is 3.78. The zero-order valence-corrected chi connectivity index (χ0v) is 8.85. The Morgan fingerprint density at radius 2 is 2.23 bits per heavy atom. The van der Waals surface area contributed by atoms with E-state index >= 15 is 0 Å². The third-order valence-electron chi connectivity index (χ3n) is 3.30. The molecule has 2 rings (SSSR count). The minimum Gasteiger partial charge on any atom is -0.392 e. The number of piperidine rings is 1. The van der Waals surface area contributed by atoms with Crippen LogP contribution in [0, 0.1) is 11.8 Å². The van der Waals surface area contributed by atoms with Crippen molar-refractivity contribution >= 4 is 11.8 Å². The van der Waals surface area contributed by atoms with E-state index in [-0.39, 0.29) is 6.10 Å². The summed E-state index contributed by atoms with van der Waals surface area (Å²) >= 11 is 2.07. The van der Waals surface area contributed by atoms with Crippen molar-refractivity contribution in [1.82, 2.24) is 5.32 Å². The topological polar surface area (TPSA) is 32.3 Å². The fourth-order valence-electron chi connectivity index (χ4n) is 2.52. The van der Waals surface area contributed by atoms with Gasteiger partial charge in [0.2, 0.25) is 0 Å². The molecular formula is C10H19NOS. The second kappa shape index (κ2) is 4.67. The van der Waals surface area contributed by atoms with Crippen LogP contribution in [0.5, 0.6) is 0 Å². The summed E-state index contributed by atoms with van der Waals surface area (Å²) < 4.78 is 0. The summed E-state index contributed by atoms with van der Waals surface area (Å²) in [5.74, 6) is 3.98. The molecule has 0 bridgehead atoms. The predicted molar refractivity (Wildman–Crippen MR) is 57.0 cm³/mol. The normalized spacial score (nSPS) is 41.8. The zero-order chi connectivity index (χ0) is 9.10. The van der Waals surface area contributed by atoms with E-state index in [9.17, 15) is 5.11 Å². The van der Waals surface area contributed by atoms with Gasteiger partial charge in [0.25, 0.3) is 0 Å². The summed E-state index contributed by atoms with van der Waals surface area (Å²) in [4.78, 5) is 0. The Kier molecular flexibility index (Phi) is 3.52. The predicted octanol–water partition coefficient (Wildman–Crippen LogP) is 1.10. The molecule has 2 saturated heterocycles. The minimum absolute atomic E-state index is 0.0857. The molecule has 0 amide bonds. The average Bonchev–Trinajstić information content (AvgIpc) is 2.20. The Morgan fingerprint density at radius 3 is 2.92 bits per heavy atom. The van der Waals surface area contributed by atoms with E-state index in [4.69, 9.17) is 0 Å². The van der Waals surface area contributed by atoms with Crippen LogP contribution in [-0.2, 0) is 0 Å². The fraction of sp³-hybridized carbons (Fsp3) is 1.00. The van der Waals surface area contributed by atoms with Gasteiger partial charge in [-0.2, -0.15) is 11.8 Å². The molecule has 3 atom stereocenters. The van der Waals surface area contributed by atoms with Crippen molar-refractivity contribution in [2.45, 2.75) is 25.4 Å². The third kappa shape index (κ3) is 2.39. The van der Waals surface area contributed by atoms with Crippen molar-refractivity contribution in [2.24, 2.45) is 11.8 Å². The van der Waals surface area contributed by atoms with Crippen LogP contribution in [0.25, 0.3) is 0 Å². The maximum absolute atomic E-state index is 9.85. The summed E-state index contributed by atoms with van der Waals surface area (Å²) in [5, 5.41) is 13.1. The van der Waals surface area contributed by atoms with Crippen molar-refractivity contribution in [3.63, 3.8) is 0 Å². The minimum atomic E-state index is -0.0857. The number of β-amino-alcohol motifs (C(OH)–C–C–N with tert-alkyl or cyclic N) is 1. The van der Waals surface area contributed by atoms with E-state index in [2.05, 4.69) is 17.1 Å². The summed E-state index contributed by atoms with van der Waals surface area (Å²) in [7, 11) is 0. The van der Waals surface area contributed by atoms with Gasteiger partial charge in [0.1, 0.15) is 0 Å². The first kappa shape index (κ1) is 9.81. The molecule has 0 aromatic carbocycles. The largest absolute Gasteiger partial charge is 0.392 e. The van der Waals surface area contributed by atoms with Crippen molar-refractivity contribution < 1.29 is 5.11 Å². The van der Waals surface area contributed by atoms with Crippen molar-refractivity contribution in [1.29, 1.82) is 0 Å². The summed E-state index contributed by atoms with van der Waals surface area (Å²) in [5.41, 5.74) is 0. The van der Waals surface area contributed by atoms with Gasteiger partial charge in [-0.1, -0.05) is 0 Å². The lowest BCUT2D eigenvalue weighted by molar-refractivity contribution is 0.0505. The van der Waals surface area contributed by atoms with Gasteiger partial charge in [-0.3, -0.25) is 0 Å². The lowest BCUT2D eigenvalue weighted by atomic mass is 9.81. The third-order valence-corrected chi connectivity index (χ3v) is 4.54. The molecule has 2 nitrogen and oxygen atoms in total. The molecule has 0 aliphatic carbocycles. The number of aliphatic hydroxyl groups is 1. The first-order valence-corrected chi connectivity index (χ1v) is 6.50. The number of aliphatic hydroxyl groups excluding tert-OH is 1. The molecule has 13 heavy (non-hydrogen) atoms. The molecule has 76 valence electrons. The van der Waals surface area contributed by atoms with Crippen LogP contribution in [0.1, 0.15) is 19.3 Å². The van der Waals surface area contributed by atoms with Gasteiger partial charge in [-0.25, -0.2) is 0 Å². The summed E-state index contributed by atoms with van der Waals surface area (Å²) in [6.45, 7) is 1.91. The highest BCUT2D eigenvalue weighted by Gasteiger charge is 2.31. The van der Waals surface area contributed by atoms with E-state index in [0.29, 0.717) is 5.92 Å². The van der Waals surface area contributed by atoms with Gasteiger partial charge in [0, 0.05) is 6.54 Å². The van der Waals surface area contributed by atoms with E-state index < -0.39 is 0 Å². The van der Waals surface area contributed by atoms with Gasteiger partial charge in [-0.15, -0.1) is 0 Å². The van der Waals surface area contributed by atoms with Crippen LogP contribution in [-0.4, -0.2) is 35.8 Å². The first-order chi connectivity index (χ1) is 6.38. The van der Waals surface area contributed by atoms with Crippen LogP contribution in [0.2, 0.25) is 0 Å². The highest BCUT2D eigenvalue weighted by Crippen LogP contribution is 2.33. The Hall–Kier alpha value is 0.270. The monoisotopic (exact) mass is 201 g/mol. The fourth-order valence-corrected chi connectivity index (χ4v) is 3.77. The maximum atomic E-state index is 9.85. The number of hydrogen-bond donors (Lipinski definition) is 2. The molecule has 3 heteroatoms. The summed E-state index contributed by atoms with van der Waals surface area (Å²) in [6, 6.07) is 0. The van der Waals surface area contributed by atoms with E-state index in [1.165, 1.54) is 30.8 Å². The standard InChI is InChI=1S/C10H19NOS/c12-10-6-11-4-3-9(10)8-2-1-5-13-7-8/h8-12H,1-7H2. The van der Waals surface area contributed by atoms with E-state index in [1.54, 1.807) is 0 Å². The molecule has 0 aromatic rings. The Bertz CT molecular complexity index is 159.